The van der Waals surface area contributed by atoms with Crippen LogP contribution in [0.25, 0.3) is 21.8 Å². The monoisotopic (exact) mass is 436 g/mol. The molecule has 1 heterocycles. The number of rotatable bonds is 14. The van der Waals surface area contributed by atoms with Crippen LogP contribution in [0.5, 0.6) is 0 Å². The highest BCUT2D eigenvalue weighted by atomic mass is 16.4. The fourth-order valence-electron chi connectivity index (χ4n) is 4.84. The number of unbranched alkanes of at least 4 members (excludes halogenated alkanes) is 11. The maximum Gasteiger partial charge on any atom is 0.482 e. The molecular formula is C28H43BNO2. The van der Waals surface area contributed by atoms with Crippen molar-refractivity contribution in [2.24, 2.45) is 0 Å². The molecular weight excluding hydrogens is 393 g/mol. The maximum absolute atomic E-state index is 7.00. The fraction of sp³-hybridized carbons (Fsp3) is 0.571. The van der Waals surface area contributed by atoms with E-state index in [1.54, 1.807) is 0 Å². The lowest BCUT2D eigenvalue weighted by Crippen LogP contribution is -2.04. The van der Waals surface area contributed by atoms with Crippen molar-refractivity contribution in [1.29, 1.82) is 0 Å². The van der Waals surface area contributed by atoms with E-state index in [9.17, 15) is 0 Å². The molecule has 3 nitrogen and oxygen atoms in total. The van der Waals surface area contributed by atoms with Crippen LogP contribution in [0.4, 0.5) is 0 Å². The third kappa shape index (κ3) is 8.29. The Balaban J connectivity index is 0.00000114. The van der Waals surface area contributed by atoms with Crippen LogP contribution < -0.4 is 0 Å². The standard InChI is InChI=1S/C28H41N.BH2O2/c1-3-4-5-6-7-8-9-10-11-12-13-14-19-24(2)29-27-22-17-15-20-25(27)26-21-16-18-23-28(26)29;2-1-3/h15-18,20-24H,3-14,19H2,1-2H3;2-3H. The molecule has 1 atom stereocenters. The van der Waals surface area contributed by atoms with Crippen LogP contribution in [0.15, 0.2) is 48.5 Å². The van der Waals surface area contributed by atoms with E-state index in [-0.39, 0.29) is 7.69 Å². The van der Waals surface area contributed by atoms with E-state index in [2.05, 4.69) is 66.9 Å². The van der Waals surface area contributed by atoms with Gasteiger partial charge in [0.2, 0.25) is 0 Å². The van der Waals surface area contributed by atoms with Crippen molar-refractivity contribution in [2.45, 2.75) is 103 Å². The van der Waals surface area contributed by atoms with Gasteiger partial charge in [-0.3, -0.25) is 0 Å². The first kappa shape index (κ1) is 26.5. The Kier molecular flexibility index (Phi) is 13.2. The van der Waals surface area contributed by atoms with Crippen molar-refractivity contribution in [3.05, 3.63) is 48.5 Å². The van der Waals surface area contributed by atoms with E-state index in [0.29, 0.717) is 6.04 Å². The van der Waals surface area contributed by atoms with E-state index in [1.165, 1.54) is 105 Å². The summed E-state index contributed by atoms with van der Waals surface area (Å²) in [4.78, 5) is 0. The Morgan fingerprint density at radius 2 is 1.03 bits per heavy atom. The first-order valence-electron chi connectivity index (χ1n) is 12.8. The van der Waals surface area contributed by atoms with Gasteiger partial charge in [0.25, 0.3) is 0 Å². The van der Waals surface area contributed by atoms with Gasteiger partial charge in [0, 0.05) is 27.8 Å². The molecule has 4 heteroatoms. The predicted octanol–water partition coefficient (Wildman–Crippen LogP) is 7.95. The molecule has 0 fully saturated rings. The van der Waals surface area contributed by atoms with E-state index >= 15 is 0 Å². The lowest BCUT2D eigenvalue weighted by atomic mass is 10.0. The summed E-state index contributed by atoms with van der Waals surface area (Å²) >= 11 is 0. The van der Waals surface area contributed by atoms with Gasteiger partial charge < -0.3 is 14.6 Å². The number of nitrogens with zero attached hydrogens (tertiary/aromatic N) is 1. The van der Waals surface area contributed by atoms with Crippen LogP contribution in [0.1, 0.15) is 103 Å². The van der Waals surface area contributed by atoms with E-state index < -0.39 is 0 Å². The van der Waals surface area contributed by atoms with Gasteiger partial charge in [-0.15, -0.1) is 0 Å². The smallest absolute Gasteiger partial charge is 0.429 e. The van der Waals surface area contributed by atoms with Crippen molar-refractivity contribution in [3.8, 4) is 0 Å². The van der Waals surface area contributed by atoms with Crippen molar-refractivity contribution >= 4 is 29.5 Å². The number of hydrogen-bond donors (Lipinski definition) is 2. The van der Waals surface area contributed by atoms with Gasteiger partial charge >= 0.3 is 7.69 Å². The van der Waals surface area contributed by atoms with Crippen LogP contribution in [-0.4, -0.2) is 22.3 Å². The number of para-hydroxylation sites is 2. The first-order valence-corrected chi connectivity index (χ1v) is 12.8. The fourth-order valence-corrected chi connectivity index (χ4v) is 4.84. The molecule has 0 saturated heterocycles. The molecule has 0 spiro atoms. The van der Waals surface area contributed by atoms with Gasteiger partial charge in [-0.25, -0.2) is 0 Å². The molecule has 175 valence electrons. The van der Waals surface area contributed by atoms with Crippen molar-refractivity contribution in [2.75, 3.05) is 0 Å². The molecule has 1 radical (unpaired) electrons. The first-order chi connectivity index (χ1) is 15.7. The highest BCUT2D eigenvalue weighted by molar-refractivity contribution is 6.13. The zero-order chi connectivity index (χ0) is 23.0. The van der Waals surface area contributed by atoms with Gasteiger partial charge in [-0.1, -0.05) is 120 Å². The molecule has 1 unspecified atom stereocenters. The quantitative estimate of drug-likeness (QED) is 0.199. The van der Waals surface area contributed by atoms with E-state index in [0.717, 1.165) is 0 Å². The van der Waals surface area contributed by atoms with Gasteiger partial charge in [0.05, 0.1) is 0 Å². The number of hydrogen-bond acceptors (Lipinski definition) is 2. The second kappa shape index (κ2) is 15.9. The summed E-state index contributed by atoms with van der Waals surface area (Å²) in [7, 11) is 0. The number of fused-ring (bicyclic) bond motifs is 3. The third-order valence-corrected chi connectivity index (χ3v) is 6.53. The summed E-state index contributed by atoms with van der Waals surface area (Å²) in [5.41, 5.74) is 2.78. The van der Waals surface area contributed by atoms with Crippen LogP contribution in [0.2, 0.25) is 0 Å². The summed E-state index contributed by atoms with van der Waals surface area (Å²) in [6.07, 6.45) is 18.3. The summed E-state index contributed by atoms with van der Waals surface area (Å²) in [6, 6.07) is 18.3. The SMILES string of the molecule is CCCCCCCCCCCCCCC(C)n1c2ccccc2c2ccccc21.O[B]O. The molecule has 0 saturated carbocycles. The van der Waals surface area contributed by atoms with Crippen molar-refractivity contribution < 1.29 is 10.0 Å². The van der Waals surface area contributed by atoms with E-state index in [1.807, 2.05) is 0 Å². The zero-order valence-electron chi connectivity index (χ0n) is 20.3. The molecule has 2 aromatic carbocycles. The molecule has 0 bridgehead atoms. The Hall–Kier alpha value is -1.78. The highest BCUT2D eigenvalue weighted by Crippen LogP contribution is 2.33. The topological polar surface area (TPSA) is 45.4 Å². The molecule has 0 aliphatic heterocycles. The third-order valence-electron chi connectivity index (χ3n) is 6.53. The molecule has 2 N–H and O–H groups in total. The minimum atomic E-state index is 0. The predicted molar refractivity (Wildman–Crippen MR) is 140 cm³/mol. The Morgan fingerprint density at radius 3 is 1.47 bits per heavy atom. The number of benzene rings is 2. The van der Waals surface area contributed by atoms with Crippen molar-refractivity contribution in [1.82, 2.24) is 4.57 Å². The normalized spacial score (nSPS) is 12.0. The Morgan fingerprint density at radius 1 is 0.656 bits per heavy atom. The largest absolute Gasteiger partial charge is 0.482 e. The van der Waals surface area contributed by atoms with Crippen LogP contribution >= 0.6 is 0 Å². The van der Waals surface area contributed by atoms with E-state index in [4.69, 9.17) is 10.0 Å². The van der Waals surface area contributed by atoms with Crippen LogP contribution in [0.3, 0.4) is 0 Å². The summed E-state index contributed by atoms with van der Waals surface area (Å²) in [5, 5.41) is 16.8. The van der Waals surface area contributed by atoms with Gasteiger partial charge in [0.1, 0.15) is 0 Å². The molecule has 1 aromatic heterocycles. The lowest BCUT2D eigenvalue weighted by molar-refractivity contribution is 0.448. The molecule has 3 aromatic rings. The molecule has 0 aliphatic rings. The maximum atomic E-state index is 7.00. The average Bonchev–Trinajstić information content (AvgIpc) is 3.15. The van der Waals surface area contributed by atoms with Gasteiger partial charge in [-0.05, 0) is 25.5 Å². The second-order valence-corrected chi connectivity index (χ2v) is 9.05. The second-order valence-electron chi connectivity index (χ2n) is 9.05. The van der Waals surface area contributed by atoms with Crippen molar-refractivity contribution in [3.63, 3.8) is 0 Å². The average molecular weight is 436 g/mol. The molecule has 0 amide bonds. The van der Waals surface area contributed by atoms with Gasteiger partial charge in [0.15, 0.2) is 0 Å². The molecule has 0 aliphatic carbocycles. The van der Waals surface area contributed by atoms with Crippen LogP contribution in [0, 0.1) is 0 Å². The summed E-state index contributed by atoms with van der Waals surface area (Å²) < 4.78 is 2.57. The molecule has 32 heavy (non-hydrogen) atoms. The summed E-state index contributed by atoms with van der Waals surface area (Å²) in [5.74, 6) is 0. The number of aromatic nitrogens is 1. The Labute approximate surface area is 196 Å². The highest BCUT2D eigenvalue weighted by Gasteiger charge is 2.14. The molecule has 3 rings (SSSR count). The minimum absolute atomic E-state index is 0. The minimum Gasteiger partial charge on any atom is -0.429 e. The van der Waals surface area contributed by atoms with Gasteiger partial charge in [-0.2, -0.15) is 0 Å². The summed E-state index contributed by atoms with van der Waals surface area (Å²) in [6.45, 7) is 4.70. The zero-order valence-corrected chi connectivity index (χ0v) is 20.3. The van der Waals surface area contributed by atoms with Crippen LogP contribution in [-0.2, 0) is 0 Å². The lowest BCUT2D eigenvalue weighted by Gasteiger charge is -2.17. The Bertz CT molecular complexity index is 823.